The van der Waals surface area contributed by atoms with Crippen molar-refractivity contribution in [2.24, 2.45) is 0 Å². The van der Waals surface area contributed by atoms with E-state index in [-0.39, 0.29) is 12.4 Å². The molecule has 0 aromatic carbocycles. The van der Waals surface area contributed by atoms with Crippen molar-refractivity contribution in [1.29, 1.82) is 0 Å². The molecule has 2 rings (SSSR count). The first-order valence-corrected chi connectivity index (χ1v) is 5.82. The molecule has 0 aliphatic carbocycles. The highest BCUT2D eigenvalue weighted by molar-refractivity contribution is 4.80. The highest BCUT2D eigenvalue weighted by atomic mass is 16.9. The third-order valence-corrected chi connectivity index (χ3v) is 2.96. The second kappa shape index (κ2) is 4.37. The molecule has 0 amide bonds. The monoisotopic (exact) mass is 216 g/mol. The molecule has 0 bridgehead atoms. The largest absolute Gasteiger partial charge is 0.346 e. The van der Waals surface area contributed by atoms with Gasteiger partial charge in [-0.3, -0.25) is 4.74 Å². The Morgan fingerprint density at radius 2 is 2.07 bits per heavy atom. The van der Waals surface area contributed by atoms with Gasteiger partial charge in [0.25, 0.3) is 5.97 Å². The molecule has 4 nitrogen and oxygen atoms in total. The zero-order chi connectivity index (χ0) is 10.9. The summed E-state index contributed by atoms with van der Waals surface area (Å²) in [5.41, 5.74) is 0. The van der Waals surface area contributed by atoms with Gasteiger partial charge < -0.3 is 14.2 Å². The molecule has 0 radical (unpaired) electrons. The lowest BCUT2D eigenvalue weighted by molar-refractivity contribution is -0.341. The summed E-state index contributed by atoms with van der Waals surface area (Å²) in [5, 5.41) is 0. The summed E-state index contributed by atoms with van der Waals surface area (Å²) in [5.74, 6) is -0.910. The van der Waals surface area contributed by atoms with E-state index in [1.165, 1.54) is 0 Å². The summed E-state index contributed by atoms with van der Waals surface area (Å²) in [6, 6.07) is 0. The van der Waals surface area contributed by atoms with Crippen LogP contribution in [0.15, 0.2) is 0 Å². The average molecular weight is 216 g/mol. The molecule has 2 fully saturated rings. The number of hydrogen-bond donors (Lipinski definition) is 0. The van der Waals surface area contributed by atoms with Crippen molar-refractivity contribution in [3.63, 3.8) is 0 Å². The van der Waals surface area contributed by atoms with E-state index in [9.17, 15) is 0 Å². The summed E-state index contributed by atoms with van der Waals surface area (Å²) in [6.07, 6.45) is 3.15. The molecule has 2 heterocycles. The van der Waals surface area contributed by atoms with Crippen molar-refractivity contribution in [1.82, 2.24) is 0 Å². The Morgan fingerprint density at radius 1 is 1.27 bits per heavy atom. The summed E-state index contributed by atoms with van der Waals surface area (Å²) >= 11 is 0. The summed E-state index contributed by atoms with van der Waals surface area (Å²) < 4.78 is 22.6. The van der Waals surface area contributed by atoms with Crippen LogP contribution in [0.5, 0.6) is 0 Å². The standard InChI is InChI=1S/C11H20O4/c1-4-8-6-7-9-10(13-8)15-11(3,14-9)12-5-2/h8-10H,4-7H2,1-3H3/t8-,9+,10-,11+/m0/s1. The van der Waals surface area contributed by atoms with Crippen LogP contribution >= 0.6 is 0 Å². The minimum atomic E-state index is -0.910. The molecule has 15 heavy (non-hydrogen) atoms. The van der Waals surface area contributed by atoms with Crippen LogP contribution in [0.2, 0.25) is 0 Å². The van der Waals surface area contributed by atoms with Crippen molar-refractivity contribution >= 4 is 0 Å². The lowest BCUT2D eigenvalue weighted by Gasteiger charge is -2.28. The zero-order valence-corrected chi connectivity index (χ0v) is 9.69. The zero-order valence-electron chi connectivity index (χ0n) is 9.69. The van der Waals surface area contributed by atoms with Crippen LogP contribution in [-0.4, -0.2) is 31.1 Å². The summed E-state index contributed by atoms with van der Waals surface area (Å²) in [6.45, 7) is 6.43. The number of hydrogen-bond acceptors (Lipinski definition) is 4. The van der Waals surface area contributed by atoms with E-state index in [1.807, 2.05) is 6.92 Å². The van der Waals surface area contributed by atoms with Crippen LogP contribution in [0.4, 0.5) is 0 Å². The molecule has 2 saturated heterocycles. The molecule has 0 aromatic rings. The molecule has 4 heteroatoms. The third kappa shape index (κ3) is 2.33. The molecule has 2 aliphatic rings. The number of fused-ring (bicyclic) bond motifs is 1. The highest BCUT2D eigenvalue weighted by Crippen LogP contribution is 2.37. The number of ether oxygens (including phenoxy) is 4. The Bertz CT molecular complexity index is 221. The SMILES string of the molecule is CCO[C@@]1(C)O[C@@H]2O[C@@H](CC)CC[C@H]2O1. The third-order valence-electron chi connectivity index (χ3n) is 2.96. The first-order chi connectivity index (χ1) is 7.17. The molecule has 0 N–H and O–H groups in total. The maximum absolute atomic E-state index is 5.77. The lowest BCUT2D eigenvalue weighted by Crippen LogP contribution is -2.36. The van der Waals surface area contributed by atoms with Crippen LogP contribution < -0.4 is 0 Å². The first-order valence-electron chi connectivity index (χ1n) is 5.82. The van der Waals surface area contributed by atoms with E-state index in [0.29, 0.717) is 12.7 Å². The normalized spacial score (nSPS) is 45.4. The molecule has 0 aromatic heterocycles. The van der Waals surface area contributed by atoms with E-state index in [0.717, 1.165) is 19.3 Å². The van der Waals surface area contributed by atoms with E-state index in [1.54, 1.807) is 6.92 Å². The molecule has 2 aliphatic heterocycles. The van der Waals surface area contributed by atoms with Crippen LogP contribution in [0.1, 0.15) is 40.0 Å². The van der Waals surface area contributed by atoms with Gasteiger partial charge in [-0.25, -0.2) is 0 Å². The number of rotatable bonds is 3. The van der Waals surface area contributed by atoms with Crippen molar-refractivity contribution in [3.8, 4) is 0 Å². The van der Waals surface area contributed by atoms with Crippen molar-refractivity contribution in [2.75, 3.05) is 6.61 Å². The molecule has 0 unspecified atom stereocenters. The average Bonchev–Trinajstić information content (AvgIpc) is 2.53. The second-order valence-corrected chi connectivity index (χ2v) is 4.18. The molecule has 88 valence electrons. The van der Waals surface area contributed by atoms with Crippen molar-refractivity contribution < 1.29 is 18.9 Å². The molecular weight excluding hydrogens is 196 g/mol. The Kier molecular flexibility index (Phi) is 3.30. The molecule has 0 saturated carbocycles. The Morgan fingerprint density at radius 3 is 2.73 bits per heavy atom. The fourth-order valence-electron chi connectivity index (χ4n) is 2.19. The van der Waals surface area contributed by atoms with Gasteiger partial charge in [-0.05, 0) is 26.2 Å². The van der Waals surface area contributed by atoms with E-state index in [4.69, 9.17) is 18.9 Å². The quantitative estimate of drug-likeness (QED) is 0.723. The predicted octanol–water partition coefficient (Wildman–Crippen LogP) is 2.03. The van der Waals surface area contributed by atoms with Gasteiger partial charge in [0.05, 0.1) is 6.10 Å². The Balaban J connectivity index is 1.95. The first kappa shape index (κ1) is 11.3. The van der Waals surface area contributed by atoms with E-state index in [2.05, 4.69) is 6.92 Å². The van der Waals surface area contributed by atoms with Gasteiger partial charge in [-0.15, -0.1) is 0 Å². The van der Waals surface area contributed by atoms with Crippen LogP contribution in [0.25, 0.3) is 0 Å². The summed E-state index contributed by atoms with van der Waals surface area (Å²) in [7, 11) is 0. The lowest BCUT2D eigenvalue weighted by atomic mass is 10.0. The van der Waals surface area contributed by atoms with Gasteiger partial charge in [0, 0.05) is 13.5 Å². The summed E-state index contributed by atoms with van der Waals surface area (Å²) in [4.78, 5) is 0. The van der Waals surface area contributed by atoms with Crippen LogP contribution in [0, 0.1) is 0 Å². The van der Waals surface area contributed by atoms with Gasteiger partial charge >= 0.3 is 0 Å². The highest BCUT2D eigenvalue weighted by Gasteiger charge is 2.48. The molecular formula is C11H20O4. The minimum absolute atomic E-state index is 0.0318. The van der Waals surface area contributed by atoms with Gasteiger partial charge in [0.2, 0.25) is 0 Å². The fourth-order valence-corrected chi connectivity index (χ4v) is 2.19. The van der Waals surface area contributed by atoms with Gasteiger partial charge in [0.1, 0.15) is 6.10 Å². The Hall–Kier alpha value is -0.160. The van der Waals surface area contributed by atoms with Crippen LogP contribution in [-0.2, 0) is 18.9 Å². The minimum Gasteiger partial charge on any atom is -0.346 e. The van der Waals surface area contributed by atoms with Crippen molar-refractivity contribution in [2.45, 2.75) is 64.5 Å². The fraction of sp³-hybridized carbons (Fsp3) is 1.00. The van der Waals surface area contributed by atoms with Gasteiger partial charge in [-0.2, -0.15) is 0 Å². The molecule has 0 spiro atoms. The van der Waals surface area contributed by atoms with Crippen molar-refractivity contribution in [3.05, 3.63) is 0 Å². The Labute approximate surface area is 90.8 Å². The van der Waals surface area contributed by atoms with E-state index < -0.39 is 5.97 Å². The topological polar surface area (TPSA) is 36.9 Å². The van der Waals surface area contributed by atoms with Gasteiger partial charge in [0.15, 0.2) is 6.29 Å². The predicted molar refractivity (Wildman–Crippen MR) is 54.2 cm³/mol. The second-order valence-electron chi connectivity index (χ2n) is 4.18. The maximum Gasteiger partial charge on any atom is 0.282 e. The van der Waals surface area contributed by atoms with Gasteiger partial charge in [-0.1, -0.05) is 6.92 Å². The molecule has 4 atom stereocenters. The van der Waals surface area contributed by atoms with Crippen LogP contribution in [0.3, 0.4) is 0 Å². The smallest absolute Gasteiger partial charge is 0.282 e. The maximum atomic E-state index is 5.77. The van der Waals surface area contributed by atoms with E-state index >= 15 is 0 Å².